The van der Waals surface area contributed by atoms with Crippen LogP contribution in [-0.4, -0.2) is 16.1 Å². The lowest BCUT2D eigenvalue weighted by Crippen LogP contribution is -1.90. The zero-order valence-corrected chi connectivity index (χ0v) is 11.5. The van der Waals surface area contributed by atoms with E-state index in [-0.39, 0.29) is 4.88 Å². The van der Waals surface area contributed by atoms with Crippen LogP contribution in [0.4, 0.5) is 10.8 Å². The summed E-state index contributed by atoms with van der Waals surface area (Å²) in [7, 11) is 0. The highest BCUT2D eigenvalue weighted by Crippen LogP contribution is 2.23. The van der Waals surface area contributed by atoms with Crippen molar-refractivity contribution < 1.29 is 9.90 Å². The minimum Gasteiger partial charge on any atom is -0.477 e. The fraction of sp³-hybridized carbons (Fsp3) is 0.286. The molecule has 1 aromatic carbocycles. The van der Waals surface area contributed by atoms with Gasteiger partial charge in [-0.25, -0.2) is 9.78 Å². The number of carbonyl (C=O) groups is 1. The number of carboxylic acids is 1. The van der Waals surface area contributed by atoms with Gasteiger partial charge in [0.25, 0.3) is 0 Å². The molecule has 0 aliphatic carbocycles. The van der Waals surface area contributed by atoms with Gasteiger partial charge in [-0.05, 0) is 30.5 Å². The van der Waals surface area contributed by atoms with Gasteiger partial charge in [0.2, 0.25) is 0 Å². The van der Waals surface area contributed by atoms with Gasteiger partial charge in [0.05, 0.1) is 6.20 Å². The molecule has 0 amide bonds. The summed E-state index contributed by atoms with van der Waals surface area (Å²) < 4.78 is 0. The van der Waals surface area contributed by atoms with Crippen LogP contribution >= 0.6 is 11.3 Å². The minimum atomic E-state index is -0.944. The average Bonchev–Trinajstić information content (AvgIpc) is 2.87. The Balaban J connectivity index is 2.00. The van der Waals surface area contributed by atoms with E-state index in [2.05, 4.69) is 29.4 Å². The molecule has 0 aliphatic rings. The Morgan fingerprint density at radius 1 is 1.37 bits per heavy atom. The van der Waals surface area contributed by atoms with Crippen molar-refractivity contribution in [2.75, 3.05) is 5.32 Å². The maximum absolute atomic E-state index is 10.8. The molecule has 0 radical (unpaired) electrons. The first-order valence-corrected chi connectivity index (χ1v) is 7.05. The number of hydrogen-bond donors (Lipinski definition) is 2. The molecule has 2 N–H and O–H groups in total. The molecule has 0 atom stereocenters. The molecule has 0 unspecified atom stereocenters. The molecule has 0 spiro atoms. The van der Waals surface area contributed by atoms with Gasteiger partial charge in [0.1, 0.15) is 4.88 Å². The Bertz CT molecular complexity index is 549. The normalized spacial score (nSPS) is 10.4. The number of rotatable bonds is 6. The second-order valence-corrected chi connectivity index (χ2v) is 5.29. The standard InChI is InChI=1S/C14H16N2O2S/c1-2-3-4-10-5-7-11(8-6-10)16-14-15-9-12(19-14)13(17)18/h5-9H,2-4H2,1H3,(H,15,16)(H,17,18). The number of aryl methyl sites for hydroxylation is 1. The molecule has 1 aromatic heterocycles. The number of benzene rings is 1. The third-order valence-electron chi connectivity index (χ3n) is 2.74. The average molecular weight is 276 g/mol. The fourth-order valence-corrected chi connectivity index (χ4v) is 2.37. The van der Waals surface area contributed by atoms with Crippen LogP contribution in [0.5, 0.6) is 0 Å². The lowest BCUT2D eigenvalue weighted by molar-refractivity contribution is 0.0702. The van der Waals surface area contributed by atoms with Gasteiger partial charge in [-0.3, -0.25) is 0 Å². The highest BCUT2D eigenvalue weighted by Gasteiger charge is 2.08. The van der Waals surface area contributed by atoms with Crippen molar-refractivity contribution in [3.05, 3.63) is 40.9 Å². The summed E-state index contributed by atoms with van der Waals surface area (Å²) in [5.74, 6) is -0.944. The van der Waals surface area contributed by atoms with E-state index < -0.39 is 5.97 Å². The van der Waals surface area contributed by atoms with Crippen molar-refractivity contribution in [1.29, 1.82) is 0 Å². The van der Waals surface area contributed by atoms with Crippen LogP contribution in [0.3, 0.4) is 0 Å². The first kappa shape index (κ1) is 13.5. The largest absolute Gasteiger partial charge is 0.477 e. The van der Waals surface area contributed by atoms with Crippen molar-refractivity contribution in [3.8, 4) is 0 Å². The molecule has 4 nitrogen and oxygen atoms in total. The third kappa shape index (κ3) is 3.79. The molecule has 2 rings (SSSR count). The van der Waals surface area contributed by atoms with Gasteiger partial charge in [0, 0.05) is 5.69 Å². The number of carboxylic acid groups (broad SMARTS) is 1. The van der Waals surface area contributed by atoms with E-state index in [1.165, 1.54) is 24.6 Å². The maximum atomic E-state index is 10.8. The van der Waals surface area contributed by atoms with Gasteiger partial charge in [-0.2, -0.15) is 0 Å². The van der Waals surface area contributed by atoms with E-state index in [1.54, 1.807) is 0 Å². The summed E-state index contributed by atoms with van der Waals surface area (Å²) in [6.07, 6.45) is 4.85. The third-order valence-corrected chi connectivity index (χ3v) is 3.64. The lowest BCUT2D eigenvalue weighted by atomic mass is 10.1. The highest BCUT2D eigenvalue weighted by molar-refractivity contribution is 7.17. The van der Waals surface area contributed by atoms with E-state index >= 15 is 0 Å². The number of hydrogen-bond acceptors (Lipinski definition) is 4. The van der Waals surface area contributed by atoms with Crippen LogP contribution in [0, 0.1) is 0 Å². The Hall–Kier alpha value is -1.88. The summed E-state index contributed by atoms with van der Waals surface area (Å²) in [6, 6.07) is 8.16. The van der Waals surface area contributed by atoms with Crippen LogP contribution < -0.4 is 5.32 Å². The quantitative estimate of drug-likeness (QED) is 0.839. The van der Waals surface area contributed by atoms with E-state index in [1.807, 2.05) is 12.1 Å². The minimum absolute atomic E-state index is 0.238. The zero-order valence-electron chi connectivity index (χ0n) is 10.7. The van der Waals surface area contributed by atoms with Gasteiger partial charge >= 0.3 is 5.97 Å². The molecule has 0 bridgehead atoms. The predicted molar refractivity (Wildman–Crippen MR) is 77.4 cm³/mol. The number of anilines is 2. The Morgan fingerprint density at radius 2 is 2.11 bits per heavy atom. The number of nitrogens with one attached hydrogen (secondary N) is 1. The topological polar surface area (TPSA) is 62.2 Å². The molecule has 0 saturated carbocycles. The van der Waals surface area contributed by atoms with Crippen LogP contribution in [0.2, 0.25) is 0 Å². The highest BCUT2D eigenvalue weighted by atomic mass is 32.1. The van der Waals surface area contributed by atoms with Gasteiger partial charge < -0.3 is 10.4 Å². The second-order valence-electron chi connectivity index (χ2n) is 4.26. The summed E-state index contributed by atoms with van der Waals surface area (Å²) in [6.45, 7) is 2.18. The van der Waals surface area contributed by atoms with Crippen LogP contribution in [0.25, 0.3) is 0 Å². The van der Waals surface area contributed by atoms with E-state index in [9.17, 15) is 4.79 Å². The van der Waals surface area contributed by atoms with E-state index in [0.717, 1.165) is 23.4 Å². The smallest absolute Gasteiger partial charge is 0.347 e. The van der Waals surface area contributed by atoms with E-state index in [0.29, 0.717) is 5.13 Å². The molecule has 100 valence electrons. The van der Waals surface area contributed by atoms with Crippen molar-refractivity contribution in [2.24, 2.45) is 0 Å². The fourth-order valence-electron chi connectivity index (χ4n) is 1.69. The van der Waals surface area contributed by atoms with Crippen molar-refractivity contribution in [2.45, 2.75) is 26.2 Å². The number of unbranched alkanes of at least 4 members (excludes halogenated alkanes) is 1. The molecule has 0 fully saturated rings. The van der Waals surface area contributed by atoms with Crippen molar-refractivity contribution >= 4 is 28.1 Å². The number of nitrogens with zero attached hydrogens (tertiary/aromatic N) is 1. The Labute approximate surface area is 116 Å². The molecular formula is C14H16N2O2S. The Morgan fingerprint density at radius 3 is 2.68 bits per heavy atom. The van der Waals surface area contributed by atoms with Crippen LogP contribution in [0.1, 0.15) is 35.0 Å². The molecule has 5 heteroatoms. The number of aromatic carboxylic acids is 1. The molecule has 0 aliphatic heterocycles. The molecule has 0 saturated heterocycles. The first-order valence-electron chi connectivity index (χ1n) is 6.24. The summed E-state index contributed by atoms with van der Waals surface area (Å²) in [5, 5.41) is 12.5. The SMILES string of the molecule is CCCCc1ccc(Nc2ncc(C(=O)O)s2)cc1. The molecular weight excluding hydrogens is 260 g/mol. The van der Waals surface area contributed by atoms with E-state index in [4.69, 9.17) is 5.11 Å². The molecule has 19 heavy (non-hydrogen) atoms. The molecule has 1 heterocycles. The van der Waals surface area contributed by atoms with Crippen molar-refractivity contribution in [1.82, 2.24) is 4.98 Å². The zero-order chi connectivity index (χ0) is 13.7. The summed E-state index contributed by atoms with van der Waals surface area (Å²) >= 11 is 1.13. The predicted octanol–water partition coefficient (Wildman–Crippen LogP) is 3.93. The lowest BCUT2D eigenvalue weighted by Gasteiger charge is -2.04. The summed E-state index contributed by atoms with van der Waals surface area (Å²) in [5.41, 5.74) is 2.24. The van der Waals surface area contributed by atoms with Crippen LogP contribution in [0.15, 0.2) is 30.5 Å². The first-order chi connectivity index (χ1) is 9.19. The Kier molecular flexibility index (Phi) is 4.52. The van der Waals surface area contributed by atoms with Crippen LogP contribution in [-0.2, 0) is 6.42 Å². The van der Waals surface area contributed by atoms with Gasteiger partial charge in [-0.1, -0.05) is 36.8 Å². The maximum Gasteiger partial charge on any atom is 0.347 e. The summed E-state index contributed by atoms with van der Waals surface area (Å²) in [4.78, 5) is 15.0. The van der Waals surface area contributed by atoms with Gasteiger partial charge in [-0.15, -0.1) is 0 Å². The molecule has 2 aromatic rings. The monoisotopic (exact) mass is 276 g/mol. The second kappa shape index (κ2) is 6.33. The number of thiazole rings is 1. The van der Waals surface area contributed by atoms with Gasteiger partial charge in [0.15, 0.2) is 5.13 Å². The number of aromatic nitrogens is 1. The van der Waals surface area contributed by atoms with Crippen molar-refractivity contribution in [3.63, 3.8) is 0 Å².